The molecule has 0 aromatic heterocycles. The number of methoxy groups -OCH3 is 1. The van der Waals surface area contributed by atoms with E-state index < -0.39 is 0 Å². The molecule has 3 nitrogen and oxygen atoms in total. The summed E-state index contributed by atoms with van der Waals surface area (Å²) in [4.78, 5) is 24.6. The standard InChI is InChI=1S/C17H18O3/c1-9-6-4-5-7-11(9)14-10(2)15-12(18)8-13(20-3)17(19)16(14)15/h4-8,10,14-16H,1-3H3/t10-,14+,15+,16+/m1/s1. The first kappa shape index (κ1) is 13.1. The van der Waals surface area contributed by atoms with Crippen molar-refractivity contribution in [2.45, 2.75) is 19.8 Å². The van der Waals surface area contributed by atoms with E-state index in [9.17, 15) is 9.59 Å². The lowest BCUT2D eigenvalue weighted by molar-refractivity contribution is -0.144. The quantitative estimate of drug-likeness (QED) is 0.829. The smallest absolute Gasteiger partial charge is 0.201 e. The minimum atomic E-state index is -0.251. The van der Waals surface area contributed by atoms with Crippen LogP contribution in [0, 0.1) is 24.7 Å². The van der Waals surface area contributed by atoms with Crippen LogP contribution in [0.5, 0.6) is 0 Å². The maximum absolute atomic E-state index is 12.5. The first-order valence-corrected chi connectivity index (χ1v) is 6.95. The van der Waals surface area contributed by atoms with Crippen LogP contribution >= 0.6 is 0 Å². The lowest BCUT2D eigenvalue weighted by atomic mass is 9.50. The van der Waals surface area contributed by atoms with Crippen LogP contribution in [0.15, 0.2) is 36.1 Å². The second kappa shape index (κ2) is 4.58. The summed E-state index contributed by atoms with van der Waals surface area (Å²) >= 11 is 0. The van der Waals surface area contributed by atoms with E-state index in [1.165, 1.54) is 24.3 Å². The van der Waals surface area contributed by atoms with Gasteiger partial charge in [-0.3, -0.25) is 9.59 Å². The molecular formula is C17H18O3. The summed E-state index contributed by atoms with van der Waals surface area (Å²) in [5.74, 6) is 0.113. The number of allylic oxidation sites excluding steroid dienone is 2. The predicted molar refractivity (Wildman–Crippen MR) is 75.2 cm³/mol. The van der Waals surface area contributed by atoms with Gasteiger partial charge in [-0.25, -0.2) is 0 Å². The Kier molecular flexibility index (Phi) is 3.00. The number of rotatable bonds is 2. The van der Waals surface area contributed by atoms with E-state index in [-0.39, 0.29) is 41.0 Å². The van der Waals surface area contributed by atoms with Crippen LogP contribution in [0.2, 0.25) is 0 Å². The van der Waals surface area contributed by atoms with Crippen LogP contribution in [0.1, 0.15) is 24.0 Å². The van der Waals surface area contributed by atoms with Gasteiger partial charge in [-0.05, 0) is 29.9 Å². The predicted octanol–water partition coefficient (Wildman–Crippen LogP) is 2.64. The Morgan fingerprint density at radius 3 is 2.40 bits per heavy atom. The Morgan fingerprint density at radius 2 is 1.75 bits per heavy atom. The van der Waals surface area contributed by atoms with Crippen LogP contribution in [0.3, 0.4) is 0 Å². The van der Waals surface area contributed by atoms with Gasteiger partial charge in [0.05, 0.1) is 7.11 Å². The topological polar surface area (TPSA) is 43.4 Å². The Balaban J connectivity index is 2.02. The van der Waals surface area contributed by atoms with Crippen LogP contribution in [0.4, 0.5) is 0 Å². The highest BCUT2D eigenvalue weighted by Crippen LogP contribution is 2.55. The van der Waals surface area contributed by atoms with E-state index in [0.29, 0.717) is 0 Å². The van der Waals surface area contributed by atoms with Crippen molar-refractivity contribution >= 4 is 11.6 Å². The zero-order valence-corrected chi connectivity index (χ0v) is 11.9. The van der Waals surface area contributed by atoms with Gasteiger partial charge in [0.1, 0.15) is 0 Å². The van der Waals surface area contributed by atoms with Gasteiger partial charge >= 0.3 is 0 Å². The van der Waals surface area contributed by atoms with E-state index in [1.807, 2.05) is 12.1 Å². The second-order valence-electron chi connectivity index (χ2n) is 5.77. The number of hydrogen-bond donors (Lipinski definition) is 0. The van der Waals surface area contributed by atoms with Crippen molar-refractivity contribution in [2.24, 2.45) is 17.8 Å². The molecule has 20 heavy (non-hydrogen) atoms. The van der Waals surface area contributed by atoms with Gasteiger partial charge in [0, 0.05) is 17.9 Å². The fourth-order valence-corrected chi connectivity index (χ4v) is 3.78. The van der Waals surface area contributed by atoms with Crippen LogP contribution in [-0.2, 0) is 14.3 Å². The summed E-state index contributed by atoms with van der Waals surface area (Å²) in [5, 5.41) is 0. The van der Waals surface area contributed by atoms with Crippen molar-refractivity contribution in [2.75, 3.05) is 7.11 Å². The summed E-state index contributed by atoms with van der Waals surface area (Å²) in [7, 11) is 1.45. The molecule has 1 aromatic rings. The largest absolute Gasteiger partial charge is 0.493 e. The zero-order chi connectivity index (χ0) is 14.4. The summed E-state index contributed by atoms with van der Waals surface area (Å²) in [6.07, 6.45) is 1.37. The SMILES string of the molecule is COC1=CC(=O)[C@@H]2[C@H](C)[C@@H](c3ccccc3C)[C@@H]2C1=O. The monoisotopic (exact) mass is 270 g/mol. The number of carbonyl (C=O) groups excluding carboxylic acids is 2. The van der Waals surface area contributed by atoms with E-state index in [1.54, 1.807) is 0 Å². The Labute approximate surface area is 118 Å². The fourth-order valence-electron chi connectivity index (χ4n) is 3.78. The summed E-state index contributed by atoms with van der Waals surface area (Å²) in [5.41, 5.74) is 2.36. The second-order valence-corrected chi connectivity index (χ2v) is 5.77. The molecule has 0 spiro atoms. The number of aryl methyl sites for hydroxylation is 1. The van der Waals surface area contributed by atoms with Gasteiger partial charge < -0.3 is 4.74 Å². The Bertz CT molecular complexity index is 614. The van der Waals surface area contributed by atoms with Gasteiger partial charge in [0.15, 0.2) is 11.5 Å². The molecule has 1 fully saturated rings. The van der Waals surface area contributed by atoms with E-state index in [0.717, 1.165) is 0 Å². The molecule has 0 N–H and O–H groups in total. The van der Waals surface area contributed by atoms with Gasteiger partial charge in [-0.2, -0.15) is 0 Å². The number of hydrogen-bond acceptors (Lipinski definition) is 3. The van der Waals surface area contributed by atoms with E-state index in [4.69, 9.17) is 4.74 Å². The molecule has 0 radical (unpaired) electrons. The van der Waals surface area contributed by atoms with Gasteiger partial charge in [0.25, 0.3) is 0 Å². The summed E-state index contributed by atoms with van der Waals surface area (Å²) in [6.45, 7) is 4.12. The lowest BCUT2D eigenvalue weighted by Crippen LogP contribution is -2.54. The lowest BCUT2D eigenvalue weighted by Gasteiger charge is -2.50. The average Bonchev–Trinajstić information content (AvgIpc) is 2.43. The number of fused-ring (bicyclic) bond motifs is 1. The van der Waals surface area contributed by atoms with Gasteiger partial charge in [0.2, 0.25) is 5.78 Å². The number of ether oxygens (including phenoxy) is 1. The minimum absolute atomic E-state index is 0.0246. The maximum Gasteiger partial charge on any atom is 0.201 e. The molecule has 1 saturated carbocycles. The molecule has 4 atom stereocenters. The van der Waals surface area contributed by atoms with Crippen LogP contribution < -0.4 is 0 Å². The summed E-state index contributed by atoms with van der Waals surface area (Å²) < 4.78 is 5.07. The molecule has 0 bridgehead atoms. The van der Waals surface area contributed by atoms with E-state index >= 15 is 0 Å². The Hall–Kier alpha value is -1.90. The van der Waals surface area contributed by atoms with E-state index in [2.05, 4.69) is 26.0 Å². The van der Waals surface area contributed by atoms with Gasteiger partial charge in [-0.15, -0.1) is 0 Å². The normalized spacial score (nSPS) is 32.2. The third-order valence-electron chi connectivity index (χ3n) is 4.82. The summed E-state index contributed by atoms with van der Waals surface area (Å²) in [6, 6.07) is 8.10. The average molecular weight is 270 g/mol. The number of carbonyl (C=O) groups is 2. The van der Waals surface area contributed by atoms with Crippen molar-refractivity contribution in [3.05, 3.63) is 47.2 Å². The first-order valence-electron chi connectivity index (χ1n) is 6.95. The first-order chi connectivity index (χ1) is 9.56. The fraction of sp³-hybridized carbons (Fsp3) is 0.412. The molecular weight excluding hydrogens is 252 g/mol. The molecule has 104 valence electrons. The van der Waals surface area contributed by atoms with Crippen molar-refractivity contribution < 1.29 is 14.3 Å². The number of ketones is 2. The molecule has 2 aliphatic carbocycles. The molecule has 3 rings (SSSR count). The maximum atomic E-state index is 12.5. The molecule has 1 aromatic carbocycles. The molecule has 3 heteroatoms. The highest BCUT2D eigenvalue weighted by molar-refractivity contribution is 6.11. The molecule has 0 aliphatic heterocycles. The third kappa shape index (κ3) is 1.65. The van der Waals surface area contributed by atoms with Crippen LogP contribution in [-0.4, -0.2) is 18.7 Å². The van der Waals surface area contributed by atoms with Crippen molar-refractivity contribution in [3.8, 4) is 0 Å². The Morgan fingerprint density at radius 1 is 1.05 bits per heavy atom. The number of benzene rings is 1. The molecule has 0 saturated heterocycles. The van der Waals surface area contributed by atoms with Crippen molar-refractivity contribution in [3.63, 3.8) is 0 Å². The molecule has 0 heterocycles. The van der Waals surface area contributed by atoms with Crippen LogP contribution in [0.25, 0.3) is 0 Å². The highest BCUT2D eigenvalue weighted by atomic mass is 16.5. The zero-order valence-electron chi connectivity index (χ0n) is 11.9. The number of Topliss-reactive ketones (excluding diaryl/α,β-unsaturated/α-hetero) is 1. The third-order valence-corrected chi connectivity index (χ3v) is 4.82. The van der Waals surface area contributed by atoms with Crippen molar-refractivity contribution in [1.29, 1.82) is 0 Å². The molecule has 0 unspecified atom stereocenters. The molecule has 2 aliphatic rings. The highest BCUT2D eigenvalue weighted by Gasteiger charge is 2.57. The van der Waals surface area contributed by atoms with Crippen molar-refractivity contribution in [1.82, 2.24) is 0 Å². The van der Waals surface area contributed by atoms with Gasteiger partial charge in [-0.1, -0.05) is 31.2 Å². The molecule has 0 amide bonds. The minimum Gasteiger partial charge on any atom is -0.493 e.